The summed E-state index contributed by atoms with van der Waals surface area (Å²) in [6.07, 6.45) is 0. The van der Waals surface area contributed by atoms with Gasteiger partial charge in [-0.2, -0.15) is 0 Å². The first kappa shape index (κ1) is 17.0. The Bertz CT molecular complexity index is 1010. The van der Waals surface area contributed by atoms with E-state index in [-0.39, 0.29) is 0 Å². The first-order chi connectivity index (χ1) is 12.7. The van der Waals surface area contributed by atoms with Gasteiger partial charge in [0.15, 0.2) is 5.13 Å². The van der Waals surface area contributed by atoms with Gasteiger partial charge in [0.25, 0.3) is 0 Å². The standard InChI is InChI=1S/C19H14ClN3OS2/c1-24-15-8-2-12(3-9-15)16-10-25-18(22-16)17-11-26-19(23-17)21-14-6-4-13(20)5-7-14/h2-11H,1H3,(H,21,23). The van der Waals surface area contributed by atoms with Crippen molar-refractivity contribution in [2.24, 2.45) is 0 Å². The molecule has 0 saturated carbocycles. The molecule has 4 rings (SSSR count). The Labute approximate surface area is 164 Å². The zero-order valence-electron chi connectivity index (χ0n) is 13.8. The third-order valence-corrected chi connectivity index (χ3v) is 5.58. The molecule has 0 radical (unpaired) electrons. The molecule has 1 N–H and O–H groups in total. The molecule has 2 heterocycles. The van der Waals surface area contributed by atoms with Gasteiger partial charge in [-0.05, 0) is 48.5 Å². The highest BCUT2D eigenvalue weighted by Gasteiger charge is 2.11. The van der Waals surface area contributed by atoms with Crippen LogP contribution in [0.2, 0.25) is 5.02 Å². The van der Waals surface area contributed by atoms with Gasteiger partial charge in [0.2, 0.25) is 0 Å². The van der Waals surface area contributed by atoms with E-state index >= 15 is 0 Å². The number of anilines is 2. The van der Waals surface area contributed by atoms with Crippen LogP contribution in [0.25, 0.3) is 22.0 Å². The van der Waals surface area contributed by atoms with Crippen molar-refractivity contribution in [1.29, 1.82) is 0 Å². The first-order valence-electron chi connectivity index (χ1n) is 7.80. The second kappa shape index (κ2) is 7.45. The van der Waals surface area contributed by atoms with Crippen molar-refractivity contribution in [2.75, 3.05) is 12.4 Å². The molecule has 0 aliphatic rings. The minimum Gasteiger partial charge on any atom is -0.497 e. The maximum atomic E-state index is 5.91. The zero-order chi connectivity index (χ0) is 17.9. The third-order valence-electron chi connectivity index (χ3n) is 3.71. The Balaban J connectivity index is 1.52. The largest absolute Gasteiger partial charge is 0.497 e. The van der Waals surface area contributed by atoms with E-state index in [2.05, 4.69) is 10.3 Å². The van der Waals surface area contributed by atoms with Gasteiger partial charge < -0.3 is 10.1 Å². The number of methoxy groups -OCH3 is 1. The van der Waals surface area contributed by atoms with Crippen molar-refractivity contribution in [3.8, 4) is 27.7 Å². The predicted molar refractivity (Wildman–Crippen MR) is 110 cm³/mol. The molecule has 0 fully saturated rings. The van der Waals surface area contributed by atoms with Crippen LogP contribution in [0.4, 0.5) is 10.8 Å². The molecule has 2 aromatic heterocycles. The van der Waals surface area contributed by atoms with Crippen LogP contribution in [0, 0.1) is 0 Å². The lowest BCUT2D eigenvalue weighted by Crippen LogP contribution is -1.89. The van der Waals surface area contributed by atoms with Crippen molar-refractivity contribution in [3.05, 3.63) is 64.3 Å². The van der Waals surface area contributed by atoms with Crippen molar-refractivity contribution in [1.82, 2.24) is 9.97 Å². The topological polar surface area (TPSA) is 47.0 Å². The molecule has 0 aliphatic carbocycles. The lowest BCUT2D eigenvalue weighted by atomic mass is 10.2. The molecule has 4 nitrogen and oxygen atoms in total. The van der Waals surface area contributed by atoms with E-state index < -0.39 is 0 Å². The summed E-state index contributed by atoms with van der Waals surface area (Å²) in [5, 5.41) is 9.77. The summed E-state index contributed by atoms with van der Waals surface area (Å²) in [5.74, 6) is 0.835. The molecule has 0 atom stereocenters. The second-order valence-corrected chi connectivity index (χ2v) is 7.59. The minimum absolute atomic E-state index is 0.712. The molecule has 4 aromatic rings. The van der Waals surface area contributed by atoms with Crippen LogP contribution >= 0.6 is 34.3 Å². The number of hydrogen-bond acceptors (Lipinski definition) is 6. The fourth-order valence-electron chi connectivity index (χ4n) is 2.37. The summed E-state index contributed by atoms with van der Waals surface area (Å²) in [6, 6.07) is 15.4. The maximum absolute atomic E-state index is 5.91. The van der Waals surface area contributed by atoms with E-state index in [0.717, 1.165) is 38.5 Å². The highest BCUT2D eigenvalue weighted by molar-refractivity contribution is 7.15. The SMILES string of the molecule is COc1ccc(-c2csc(-c3csc(Nc4ccc(Cl)cc4)n3)n2)cc1. The fraction of sp³-hybridized carbons (Fsp3) is 0.0526. The number of benzene rings is 2. The number of aromatic nitrogens is 2. The molecule has 2 aromatic carbocycles. The average molecular weight is 400 g/mol. The van der Waals surface area contributed by atoms with E-state index in [0.29, 0.717) is 5.02 Å². The number of rotatable bonds is 5. The summed E-state index contributed by atoms with van der Waals surface area (Å²) >= 11 is 9.05. The zero-order valence-corrected chi connectivity index (χ0v) is 16.2. The lowest BCUT2D eigenvalue weighted by Gasteiger charge is -2.01. The highest BCUT2D eigenvalue weighted by atomic mass is 35.5. The van der Waals surface area contributed by atoms with Gasteiger partial charge >= 0.3 is 0 Å². The molecule has 0 saturated heterocycles. The van der Waals surface area contributed by atoms with Crippen LogP contribution in [-0.4, -0.2) is 17.1 Å². The Kier molecular flexibility index (Phi) is 4.88. The molecule has 0 spiro atoms. The fourth-order valence-corrected chi connectivity index (χ4v) is 4.08. The van der Waals surface area contributed by atoms with Gasteiger partial charge in [0.05, 0.1) is 12.8 Å². The summed E-state index contributed by atoms with van der Waals surface area (Å²) in [5.41, 5.74) is 3.82. The molecular formula is C19H14ClN3OS2. The Hall–Kier alpha value is -2.41. The number of halogens is 1. The van der Waals surface area contributed by atoms with Crippen LogP contribution in [0.5, 0.6) is 5.75 Å². The summed E-state index contributed by atoms with van der Waals surface area (Å²) in [7, 11) is 1.66. The van der Waals surface area contributed by atoms with Gasteiger partial charge in [-0.3, -0.25) is 0 Å². The Morgan fingerprint density at radius 3 is 2.35 bits per heavy atom. The Morgan fingerprint density at radius 2 is 1.62 bits per heavy atom. The monoisotopic (exact) mass is 399 g/mol. The van der Waals surface area contributed by atoms with Crippen LogP contribution < -0.4 is 10.1 Å². The predicted octanol–water partition coefficient (Wildman–Crippen LogP) is 6.34. The van der Waals surface area contributed by atoms with Crippen LogP contribution in [0.3, 0.4) is 0 Å². The van der Waals surface area contributed by atoms with E-state index in [9.17, 15) is 0 Å². The molecule has 0 amide bonds. The number of thiazole rings is 2. The van der Waals surface area contributed by atoms with Gasteiger partial charge in [0, 0.05) is 27.0 Å². The molecule has 7 heteroatoms. The highest BCUT2D eigenvalue weighted by Crippen LogP contribution is 2.32. The normalized spacial score (nSPS) is 10.7. The van der Waals surface area contributed by atoms with Gasteiger partial charge in [0.1, 0.15) is 16.5 Å². The number of nitrogens with one attached hydrogen (secondary N) is 1. The number of hydrogen-bond donors (Lipinski definition) is 1. The van der Waals surface area contributed by atoms with Gasteiger partial charge in [-0.25, -0.2) is 9.97 Å². The van der Waals surface area contributed by atoms with Gasteiger partial charge in [-0.15, -0.1) is 22.7 Å². The third kappa shape index (κ3) is 3.72. The first-order valence-corrected chi connectivity index (χ1v) is 9.93. The lowest BCUT2D eigenvalue weighted by molar-refractivity contribution is 0.415. The average Bonchev–Trinajstić information content (AvgIpc) is 3.33. The summed E-state index contributed by atoms with van der Waals surface area (Å²) in [6.45, 7) is 0. The van der Waals surface area contributed by atoms with E-state index in [1.165, 1.54) is 0 Å². The van der Waals surface area contributed by atoms with Crippen molar-refractivity contribution in [3.63, 3.8) is 0 Å². The van der Waals surface area contributed by atoms with E-state index in [4.69, 9.17) is 21.3 Å². The number of nitrogens with zero attached hydrogens (tertiary/aromatic N) is 2. The van der Waals surface area contributed by atoms with Crippen LogP contribution in [0.1, 0.15) is 0 Å². The quantitative estimate of drug-likeness (QED) is 0.425. The van der Waals surface area contributed by atoms with Crippen molar-refractivity contribution >= 4 is 45.1 Å². The molecule has 0 unspecified atom stereocenters. The minimum atomic E-state index is 0.712. The Morgan fingerprint density at radius 1 is 0.885 bits per heavy atom. The smallest absolute Gasteiger partial charge is 0.187 e. The van der Waals surface area contributed by atoms with E-state index in [1.807, 2.05) is 59.3 Å². The maximum Gasteiger partial charge on any atom is 0.187 e. The molecule has 130 valence electrons. The van der Waals surface area contributed by atoms with E-state index in [1.54, 1.807) is 29.8 Å². The van der Waals surface area contributed by atoms with Crippen LogP contribution in [0.15, 0.2) is 59.3 Å². The van der Waals surface area contributed by atoms with Crippen molar-refractivity contribution in [2.45, 2.75) is 0 Å². The second-order valence-electron chi connectivity index (χ2n) is 5.44. The summed E-state index contributed by atoms with van der Waals surface area (Å²) in [4.78, 5) is 9.35. The number of ether oxygens (including phenoxy) is 1. The molecule has 26 heavy (non-hydrogen) atoms. The van der Waals surface area contributed by atoms with Gasteiger partial charge in [-0.1, -0.05) is 11.6 Å². The molecule has 0 bridgehead atoms. The molecule has 0 aliphatic heterocycles. The summed E-state index contributed by atoms with van der Waals surface area (Å²) < 4.78 is 5.20. The van der Waals surface area contributed by atoms with Crippen LogP contribution in [-0.2, 0) is 0 Å². The van der Waals surface area contributed by atoms with Crippen molar-refractivity contribution < 1.29 is 4.74 Å². The molecular weight excluding hydrogens is 386 g/mol.